The van der Waals surface area contributed by atoms with Gasteiger partial charge in [-0.1, -0.05) is 54.2 Å². The van der Waals surface area contributed by atoms with Gasteiger partial charge >= 0.3 is 0 Å². The van der Waals surface area contributed by atoms with Crippen molar-refractivity contribution in [3.8, 4) is 0 Å². The van der Waals surface area contributed by atoms with Crippen LogP contribution in [0, 0.1) is 0 Å². The zero-order valence-electron chi connectivity index (χ0n) is 13.7. The van der Waals surface area contributed by atoms with Crippen LogP contribution in [0.1, 0.15) is 26.3 Å². The molecule has 1 atom stereocenters. The molecule has 2 aromatic rings. The summed E-state index contributed by atoms with van der Waals surface area (Å²) in [6.07, 6.45) is 8.76. The topological polar surface area (TPSA) is 44.1 Å². The molecule has 0 saturated carbocycles. The van der Waals surface area contributed by atoms with Crippen LogP contribution in [0.3, 0.4) is 0 Å². The first-order valence-electron chi connectivity index (χ1n) is 7.52. The lowest BCUT2D eigenvalue weighted by Crippen LogP contribution is -2.18. The molecule has 0 unspecified atom stereocenters. The van der Waals surface area contributed by atoms with Crippen molar-refractivity contribution in [2.75, 3.05) is 0 Å². The predicted octanol–water partition coefficient (Wildman–Crippen LogP) is 4.52. The maximum absolute atomic E-state index is 12.1. The van der Waals surface area contributed by atoms with E-state index in [1.54, 1.807) is 12.4 Å². The van der Waals surface area contributed by atoms with Crippen molar-refractivity contribution in [3.63, 3.8) is 0 Å². The quantitative estimate of drug-likeness (QED) is 0.730. The number of carbonyl (C=O) groups is 1. The average Bonchev–Trinajstić information content (AvgIpc) is 3.06. The highest BCUT2D eigenvalue weighted by molar-refractivity contribution is 8.14. The molecule has 0 aliphatic rings. The number of hydrogen-bond acceptors (Lipinski definition) is 4. The van der Waals surface area contributed by atoms with Crippen molar-refractivity contribution >= 4 is 17.0 Å². The molecule has 2 rings (SSSR count). The van der Waals surface area contributed by atoms with E-state index in [2.05, 4.69) is 4.98 Å². The standard InChI is InChI=1S/C18H22N2O2S/c1-15(22-13-16-7-5-4-6-8-16)9-10-18(2,3)23-17(21)20-12-11-19-14-20/h4-12,14-15H,13H2,1-3H3/b10-9+/t15-/m0/s1. The van der Waals surface area contributed by atoms with Gasteiger partial charge in [-0.15, -0.1) is 0 Å². The lowest BCUT2D eigenvalue weighted by Gasteiger charge is -2.19. The van der Waals surface area contributed by atoms with Gasteiger partial charge in [0.1, 0.15) is 6.33 Å². The van der Waals surface area contributed by atoms with E-state index in [1.165, 1.54) is 22.7 Å². The number of thioether (sulfide) groups is 1. The molecule has 23 heavy (non-hydrogen) atoms. The van der Waals surface area contributed by atoms with Gasteiger partial charge in [0.05, 0.1) is 12.7 Å². The lowest BCUT2D eigenvalue weighted by molar-refractivity contribution is 0.0838. The highest BCUT2D eigenvalue weighted by Crippen LogP contribution is 2.28. The first-order chi connectivity index (χ1) is 11.0. The fourth-order valence-electron chi connectivity index (χ4n) is 1.90. The molecule has 0 aliphatic carbocycles. The summed E-state index contributed by atoms with van der Waals surface area (Å²) in [5.41, 5.74) is 1.15. The van der Waals surface area contributed by atoms with Gasteiger partial charge in [0.2, 0.25) is 0 Å². The van der Waals surface area contributed by atoms with E-state index in [4.69, 9.17) is 4.74 Å². The molecule has 4 nitrogen and oxygen atoms in total. The molecule has 1 aromatic carbocycles. The molecule has 0 spiro atoms. The number of rotatable bonds is 6. The van der Waals surface area contributed by atoms with Crippen molar-refractivity contribution in [3.05, 3.63) is 66.8 Å². The monoisotopic (exact) mass is 330 g/mol. The molecule has 0 fully saturated rings. The van der Waals surface area contributed by atoms with E-state index >= 15 is 0 Å². The number of nitrogens with zero attached hydrogens (tertiary/aromatic N) is 2. The number of ether oxygens (including phenoxy) is 1. The Morgan fingerprint density at radius 3 is 2.78 bits per heavy atom. The molecule has 0 saturated heterocycles. The fraction of sp³-hybridized carbons (Fsp3) is 0.333. The van der Waals surface area contributed by atoms with Gasteiger partial charge in [0.15, 0.2) is 0 Å². The Bertz CT molecular complexity index is 636. The largest absolute Gasteiger partial charge is 0.370 e. The van der Waals surface area contributed by atoms with Gasteiger partial charge in [0, 0.05) is 17.1 Å². The highest BCUT2D eigenvalue weighted by atomic mass is 32.2. The Kier molecular flexibility index (Phi) is 6.19. The van der Waals surface area contributed by atoms with Crippen molar-refractivity contribution in [1.82, 2.24) is 9.55 Å². The van der Waals surface area contributed by atoms with Gasteiger partial charge in [-0.25, -0.2) is 4.98 Å². The van der Waals surface area contributed by atoms with E-state index in [0.717, 1.165) is 5.56 Å². The first kappa shape index (κ1) is 17.5. The third-order valence-corrected chi connectivity index (χ3v) is 4.24. The zero-order chi connectivity index (χ0) is 16.7. The first-order valence-corrected chi connectivity index (χ1v) is 8.34. The molecule has 0 aliphatic heterocycles. The summed E-state index contributed by atoms with van der Waals surface area (Å²) in [5.74, 6) is 0. The summed E-state index contributed by atoms with van der Waals surface area (Å²) in [7, 11) is 0. The van der Waals surface area contributed by atoms with Gasteiger partial charge in [-0.3, -0.25) is 9.36 Å². The minimum Gasteiger partial charge on any atom is -0.370 e. The second kappa shape index (κ2) is 8.13. The second-order valence-electron chi connectivity index (χ2n) is 5.80. The van der Waals surface area contributed by atoms with E-state index in [1.807, 2.05) is 63.3 Å². The maximum atomic E-state index is 12.1. The SMILES string of the molecule is C[C@@H](/C=C/C(C)(C)SC(=O)n1ccnc1)OCc1ccccc1. The van der Waals surface area contributed by atoms with Crippen molar-refractivity contribution < 1.29 is 9.53 Å². The van der Waals surface area contributed by atoms with Crippen LogP contribution in [0.2, 0.25) is 0 Å². The third-order valence-electron chi connectivity index (χ3n) is 3.19. The van der Waals surface area contributed by atoms with E-state index in [9.17, 15) is 4.79 Å². The highest BCUT2D eigenvalue weighted by Gasteiger charge is 2.21. The normalized spacial score (nSPS) is 13.3. The average molecular weight is 330 g/mol. The molecule has 122 valence electrons. The van der Waals surface area contributed by atoms with Gasteiger partial charge in [0.25, 0.3) is 5.24 Å². The maximum Gasteiger partial charge on any atom is 0.291 e. The Morgan fingerprint density at radius 1 is 1.39 bits per heavy atom. The van der Waals surface area contributed by atoms with E-state index in [0.29, 0.717) is 6.61 Å². The van der Waals surface area contributed by atoms with Gasteiger partial charge in [-0.05, 0) is 26.3 Å². The van der Waals surface area contributed by atoms with Crippen LogP contribution in [0.25, 0.3) is 0 Å². The summed E-state index contributed by atoms with van der Waals surface area (Å²) >= 11 is 1.26. The summed E-state index contributed by atoms with van der Waals surface area (Å²) in [4.78, 5) is 16.0. The predicted molar refractivity (Wildman–Crippen MR) is 94.5 cm³/mol. The summed E-state index contributed by atoms with van der Waals surface area (Å²) in [6.45, 7) is 6.59. The molecular weight excluding hydrogens is 308 g/mol. The molecule has 1 aromatic heterocycles. The molecule has 0 amide bonds. The molecule has 0 bridgehead atoms. The van der Waals surface area contributed by atoms with Gasteiger partial charge in [-0.2, -0.15) is 0 Å². The molecule has 5 heteroatoms. The Hall–Kier alpha value is -1.85. The third kappa shape index (κ3) is 6.04. The number of benzene rings is 1. The van der Waals surface area contributed by atoms with Crippen molar-refractivity contribution in [2.45, 2.75) is 38.2 Å². The Balaban J connectivity index is 1.83. The smallest absolute Gasteiger partial charge is 0.291 e. The molecule has 0 radical (unpaired) electrons. The number of hydrogen-bond donors (Lipinski definition) is 0. The van der Waals surface area contributed by atoms with Crippen LogP contribution < -0.4 is 0 Å². The van der Waals surface area contributed by atoms with Crippen LogP contribution in [0.5, 0.6) is 0 Å². The molecule has 1 heterocycles. The van der Waals surface area contributed by atoms with Crippen LogP contribution in [-0.2, 0) is 11.3 Å². The van der Waals surface area contributed by atoms with Crippen LogP contribution in [0.4, 0.5) is 4.79 Å². The minimum absolute atomic E-state index is 0.0153. The fourth-order valence-corrected chi connectivity index (χ4v) is 2.71. The minimum atomic E-state index is -0.314. The summed E-state index contributed by atoms with van der Waals surface area (Å²) in [5, 5.41) is -0.0463. The van der Waals surface area contributed by atoms with Gasteiger partial charge < -0.3 is 4.74 Å². The summed E-state index contributed by atoms with van der Waals surface area (Å²) in [6, 6.07) is 10.1. The molecule has 0 N–H and O–H groups in total. The number of carbonyl (C=O) groups excluding carboxylic acids is 1. The number of imidazole rings is 1. The van der Waals surface area contributed by atoms with Crippen LogP contribution >= 0.6 is 11.8 Å². The second-order valence-corrected chi connectivity index (χ2v) is 7.41. The van der Waals surface area contributed by atoms with Crippen molar-refractivity contribution in [1.29, 1.82) is 0 Å². The Labute approximate surface area is 141 Å². The van der Waals surface area contributed by atoms with E-state index < -0.39 is 0 Å². The van der Waals surface area contributed by atoms with Crippen LogP contribution in [0.15, 0.2) is 61.2 Å². The number of aromatic nitrogens is 2. The zero-order valence-corrected chi connectivity index (χ0v) is 14.5. The Morgan fingerprint density at radius 2 is 2.13 bits per heavy atom. The molecular formula is C18H22N2O2S. The van der Waals surface area contributed by atoms with Crippen molar-refractivity contribution in [2.24, 2.45) is 0 Å². The summed E-state index contributed by atoms with van der Waals surface area (Å²) < 4.78 is 6.97. The van der Waals surface area contributed by atoms with Crippen LogP contribution in [-0.4, -0.2) is 25.6 Å². The lowest BCUT2D eigenvalue weighted by atomic mass is 10.1. The van der Waals surface area contributed by atoms with E-state index in [-0.39, 0.29) is 16.1 Å².